The van der Waals surface area contributed by atoms with Crippen LogP contribution in [0.25, 0.3) is 15.4 Å². The molecule has 0 bridgehead atoms. The van der Waals surface area contributed by atoms with Crippen molar-refractivity contribution in [2.75, 3.05) is 92.4 Å². The lowest BCUT2D eigenvalue weighted by Crippen LogP contribution is -2.58. The fourth-order valence-corrected chi connectivity index (χ4v) is 11.2. The van der Waals surface area contributed by atoms with Gasteiger partial charge < -0.3 is 54.4 Å². The normalized spacial score (nSPS) is 16.6. The molecule has 0 spiro atoms. The largest absolute Gasteiger partial charge is 0.391 e. The number of aromatic nitrogens is 3. The Labute approximate surface area is 469 Å². The topological polar surface area (TPSA) is 217 Å². The van der Waals surface area contributed by atoms with Gasteiger partial charge in [0.25, 0.3) is 0 Å². The van der Waals surface area contributed by atoms with Crippen molar-refractivity contribution < 1.29 is 57.4 Å². The van der Waals surface area contributed by atoms with Crippen LogP contribution in [-0.2, 0) is 61.2 Å². The number of likely N-dealkylation sites (tertiary alicyclic amines) is 1. The fourth-order valence-electron chi connectivity index (χ4n) is 9.07. The van der Waals surface area contributed by atoms with Gasteiger partial charge in [0.05, 0.1) is 107 Å². The van der Waals surface area contributed by atoms with Crippen molar-refractivity contribution in [1.29, 1.82) is 0 Å². The number of fused-ring (bicyclic) bond motifs is 3. The van der Waals surface area contributed by atoms with E-state index in [1.165, 1.54) is 15.3 Å². The van der Waals surface area contributed by atoms with Crippen LogP contribution < -0.4 is 20.6 Å². The molecule has 0 aliphatic carbocycles. The van der Waals surface area contributed by atoms with Gasteiger partial charge in [0, 0.05) is 53.1 Å². The van der Waals surface area contributed by atoms with Crippen LogP contribution in [0.4, 0.5) is 0 Å². The van der Waals surface area contributed by atoms with E-state index < -0.39 is 41.5 Å². The average molecular weight is 1130 g/mol. The fraction of sp³-hybridized carbons (Fsp3) is 0.518. The summed E-state index contributed by atoms with van der Waals surface area (Å²) in [6.07, 6.45) is 1.39. The molecule has 7 rings (SSSR count). The number of aliphatic imine (C=N–C) groups is 1. The minimum Gasteiger partial charge on any atom is -0.391 e. The van der Waals surface area contributed by atoms with Crippen molar-refractivity contribution in [2.24, 2.45) is 17.5 Å². The molecule has 1 saturated heterocycles. The zero-order chi connectivity index (χ0) is 55.8. The van der Waals surface area contributed by atoms with Crippen LogP contribution in [0.2, 0.25) is 5.02 Å². The van der Waals surface area contributed by atoms with Crippen LogP contribution in [0.3, 0.4) is 0 Å². The van der Waals surface area contributed by atoms with E-state index in [2.05, 4.69) is 39.5 Å². The Morgan fingerprint density at radius 3 is 2.01 bits per heavy atom. The maximum absolute atomic E-state index is 13.9. The van der Waals surface area contributed by atoms with Crippen LogP contribution in [0.1, 0.15) is 78.2 Å². The van der Waals surface area contributed by atoms with E-state index in [0.717, 1.165) is 49.2 Å². The van der Waals surface area contributed by atoms with Gasteiger partial charge in [-0.1, -0.05) is 68.8 Å². The molecular weight excluding hydrogens is 1060 g/mol. The second-order valence-corrected chi connectivity index (χ2v) is 22.7. The predicted molar refractivity (Wildman–Crippen MR) is 298 cm³/mol. The summed E-state index contributed by atoms with van der Waals surface area (Å²) in [5.74, 6) is -1.43. The number of thiazole rings is 1. The number of aliphatic hydroxyl groups is 1. The summed E-state index contributed by atoms with van der Waals surface area (Å²) in [4.78, 5) is 66.8. The lowest BCUT2D eigenvalue weighted by molar-refractivity contribution is -0.744. The number of aliphatic hydroxyl groups excluding tert-OH is 1. The number of aryl methyl sites for hydroxylation is 3. The Morgan fingerprint density at radius 2 is 1.41 bits per heavy atom. The minimum atomic E-state index is -0.970. The molecule has 5 aromatic rings. The molecule has 422 valence electrons. The molecule has 3 aromatic heterocycles. The quantitative estimate of drug-likeness (QED) is 0.0351. The number of rotatable bonds is 29. The number of benzene rings is 2. The summed E-state index contributed by atoms with van der Waals surface area (Å²) in [6.45, 7) is 15.7. The number of carbonyl (C=O) groups excluding carboxylic acids is 4. The van der Waals surface area contributed by atoms with Crippen molar-refractivity contribution >= 4 is 63.6 Å². The molecule has 1 fully saturated rings. The van der Waals surface area contributed by atoms with Gasteiger partial charge in [0.15, 0.2) is 18.2 Å². The van der Waals surface area contributed by atoms with Gasteiger partial charge in [-0.05, 0) is 55.0 Å². The molecule has 4 N–H and O–H groups in total. The third-order valence-electron chi connectivity index (χ3n) is 13.3. The van der Waals surface area contributed by atoms with Crippen molar-refractivity contribution in [3.8, 4) is 15.4 Å². The molecule has 22 heteroatoms. The van der Waals surface area contributed by atoms with Gasteiger partial charge in [-0.15, -0.1) is 32.0 Å². The molecule has 2 aromatic carbocycles. The molecule has 0 radical (unpaired) electrons. The van der Waals surface area contributed by atoms with Crippen molar-refractivity contribution in [3.63, 3.8) is 0 Å². The monoisotopic (exact) mass is 1130 g/mol. The number of thiophene rings is 1. The first-order chi connectivity index (χ1) is 37.5. The van der Waals surface area contributed by atoms with Crippen LogP contribution in [0, 0.1) is 26.2 Å². The third kappa shape index (κ3) is 16.6. The Morgan fingerprint density at radius 1 is 0.808 bits per heavy atom. The molecular formula is C56H74ClN8O11S2+. The van der Waals surface area contributed by atoms with E-state index in [9.17, 15) is 24.3 Å². The summed E-state index contributed by atoms with van der Waals surface area (Å²) in [5, 5.41) is 21.0. The Hall–Kier alpha value is -5.46. The van der Waals surface area contributed by atoms with Gasteiger partial charge in [-0.2, -0.15) is 0 Å². The zero-order valence-corrected chi connectivity index (χ0v) is 48.0. The minimum absolute atomic E-state index is 0.0209. The number of hydrogen-bond acceptors (Lipinski definition) is 15. The van der Waals surface area contributed by atoms with Crippen molar-refractivity contribution in [3.05, 3.63) is 110 Å². The lowest BCUT2D eigenvalue weighted by atomic mass is 9.85. The van der Waals surface area contributed by atoms with Crippen LogP contribution in [0.15, 0.2) is 71.3 Å². The van der Waals surface area contributed by atoms with E-state index in [4.69, 9.17) is 45.0 Å². The number of halogens is 1. The van der Waals surface area contributed by atoms with Crippen LogP contribution in [0.5, 0.6) is 0 Å². The number of hydrogen-bond donors (Lipinski definition) is 4. The van der Waals surface area contributed by atoms with E-state index >= 15 is 0 Å². The third-order valence-corrected chi connectivity index (χ3v) is 15.7. The van der Waals surface area contributed by atoms with Crippen LogP contribution >= 0.6 is 34.3 Å². The lowest BCUT2D eigenvalue weighted by Gasteiger charge is -2.35. The first kappa shape index (κ1) is 60.2. The molecule has 5 heterocycles. The average Bonchev–Trinajstić information content (AvgIpc) is 4.34. The van der Waals surface area contributed by atoms with E-state index in [0.29, 0.717) is 71.0 Å². The highest BCUT2D eigenvalue weighted by atomic mass is 35.5. The Bertz CT molecular complexity index is 2810. The number of nitrogens with zero attached hydrogens (tertiary/aromatic N) is 5. The summed E-state index contributed by atoms with van der Waals surface area (Å²) in [5.41, 5.74) is 8.97. The standard InChI is InChI=1S/C56H73ClN8O11S2/c1-36-38(3)78-55-49(36)50(40-12-14-42(57)15-13-40)61-44(45-16-18-63(7)65(45)55)31-47(67)58-17-19-71-20-21-72-22-23-73-24-25-74-26-27-75-28-29-76-34-48(68)62-52(56(4,5)6)54(70)64-33-43(66)30-46(64)53(69)59-32-39-8-10-41(11-9-39)51-37(2)60-35-77-51/h8-16,18,35,43-44,46,52,66H,17,19-34H2,1-7H3,(H2-,58,59,62,67,68,69)/p+1/t43-,44+,46+,52-/m1/s1. The molecule has 2 aliphatic heterocycles. The second-order valence-electron chi connectivity index (χ2n) is 20.2. The highest BCUT2D eigenvalue weighted by Gasteiger charge is 2.44. The van der Waals surface area contributed by atoms with Crippen molar-refractivity contribution in [2.45, 2.75) is 85.2 Å². The molecule has 4 atom stereocenters. The summed E-state index contributed by atoms with van der Waals surface area (Å²) in [6, 6.07) is 15.3. The van der Waals surface area contributed by atoms with E-state index in [-0.39, 0.29) is 57.6 Å². The Balaban J connectivity index is 0.686. The highest BCUT2D eigenvalue weighted by Crippen LogP contribution is 2.39. The molecule has 0 saturated carbocycles. The van der Waals surface area contributed by atoms with Gasteiger partial charge in [-0.25, -0.2) is 4.98 Å². The predicted octanol–water partition coefficient (Wildman–Crippen LogP) is 5.37. The number of ether oxygens (including phenoxy) is 6. The SMILES string of the molecule is Cc1ncsc1-c1ccc(CNC(=O)[C@@H]2C[C@@H](O)CN2C(=O)[C@@H](NC(=O)COCCOCCOCCOCCOCCOCCNC(=O)C[C@@H]2N=C(c3ccc(Cl)cc3)c3c(sc(C)c3C)-n3c2cc[n+]3C)C(C)(C)C)cc1. The first-order valence-electron chi connectivity index (χ1n) is 26.3. The number of β-amino-alcohol motifs (C(OH)–C–C–N with tert-alkyl or cyclic N) is 1. The smallest absolute Gasteiger partial charge is 0.246 e. The molecule has 78 heavy (non-hydrogen) atoms. The molecule has 2 aliphatic rings. The van der Waals surface area contributed by atoms with E-state index in [1.807, 2.05) is 106 Å². The zero-order valence-electron chi connectivity index (χ0n) is 45.6. The summed E-state index contributed by atoms with van der Waals surface area (Å²) in [7, 11) is 2.00. The highest BCUT2D eigenvalue weighted by molar-refractivity contribution is 7.15. The van der Waals surface area contributed by atoms with Gasteiger partial charge in [-0.3, -0.25) is 24.2 Å². The summed E-state index contributed by atoms with van der Waals surface area (Å²) >= 11 is 9.53. The number of amides is 4. The van der Waals surface area contributed by atoms with Crippen LogP contribution in [-0.4, -0.2) is 160 Å². The second kappa shape index (κ2) is 29.1. The maximum atomic E-state index is 13.9. The van der Waals surface area contributed by atoms with Gasteiger partial charge in [0.1, 0.15) is 30.4 Å². The Kier molecular flexibility index (Phi) is 22.5. The molecule has 4 amide bonds. The van der Waals surface area contributed by atoms with E-state index in [1.54, 1.807) is 22.7 Å². The summed E-state index contributed by atoms with van der Waals surface area (Å²) < 4.78 is 37.8. The van der Waals surface area contributed by atoms with Crippen molar-refractivity contribution in [1.82, 2.24) is 30.5 Å². The number of carbonyl (C=O) groups is 4. The molecule has 19 nitrogen and oxygen atoms in total. The maximum Gasteiger partial charge on any atom is 0.246 e. The first-order valence-corrected chi connectivity index (χ1v) is 28.4. The number of nitrogens with one attached hydrogen (secondary N) is 3. The van der Waals surface area contributed by atoms with Gasteiger partial charge >= 0.3 is 0 Å². The molecule has 0 unspecified atom stereocenters. The van der Waals surface area contributed by atoms with Gasteiger partial charge in [0.2, 0.25) is 23.6 Å².